The molecule has 0 aliphatic carbocycles. The minimum atomic E-state index is -0.586. The topological polar surface area (TPSA) is 89.4 Å². The van der Waals surface area contributed by atoms with E-state index < -0.39 is 6.04 Å². The zero-order chi connectivity index (χ0) is 24.0. The first-order chi connectivity index (χ1) is 15.3. The van der Waals surface area contributed by atoms with Gasteiger partial charge in [0.05, 0.1) is 22.2 Å². The highest BCUT2D eigenvalue weighted by Crippen LogP contribution is 2.38. The van der Waals surface area contributed by atoms with Crippen molar-refractivity contribution in [2.45, 2.75) is 26.8 Å². The Balaban J connectivity index is 0.00000176. The van der Waals surface area contributed by atoms with Crippen molar-refractivity contribution < 1.29 is 9.59 Å². The van der Waals surface area contributed by atoms with E-state index >= 15 is 0 Å². The van der Waals surface area contributed by atoms with Crippen molar-refractivity contribution in [1.82, 2.24) is 4.90 Å². The number of carbonyl (C=O) groups excluding carboxylic acids is 2. The number of amides is 2. The summed E-state index contributed by atoms with van der Waals surface area (Å²) in [6.45, 7) is 13.4. The summed E-state index contributed by atoms with van der Waals surface area (Å²) >= 11 is 6.23. The van der Waals surface area contributed by atoms with E-state index in [0.717, 1.165) is 11.1 Å². The molecule has 2 aromatic rings. The molecule has 166 valence electrons. The fourth-order valence-electron chi connectivity index (χ4n) is 3.62. The van der Waals surface area contributed by atoms with Gasteiger partial charge in [-0.25, -0.2) is 0 Å². The van der Waals surface area contributed by atoms with E-state index in [9.17, 15) is 9.59 Å². The Kier molecular flexibility index (Phi) is 8.21. The van der Waals surface area contributed by atoms with Crippen molar-refractivity contribution in [3.63, 3.8) is 0 Å². The Labute approximate surface area is 194 Å². The zero-order valence-corrected chi connectivity index (χ0v) is 19.3. The van der Waals surface area contributed by atoms with Crippen LogP contribution < -0.4 is 11.5 Å². The molecule has 1 atom stereocenters. The molecule has 1 unspecified atom stereocenters. The summed E-state index contributed by atoms with van der Waals surface area (Å²) in [7, 11) is 0. The van der Waals surface area contributed by atoms with Crippen LogP contribution in [0.5, 0.6) is 0 Å². The number of allylic oxidation sites excluding steroid dienone is 4. The summed E-state index contributed by atoms with van der Waals surface area (Å²) < 4.78 is 0. The zero-order valence-electron chi connectivity index (χ0n) is 18.6. The fraction of sp³-hybridized carbons (Fsp3) is 0.154. The van der Waals surface area contributed by atoms with Crippen molar-refractivity contribution in [2.75, 3.05) is 5.73 Å². The van der Waals surface area contributed by atoms with E-state index in [2.05, 4.69) is 13.2 Å². The number of fused-ring (bicyclic) bond motifs is 1. The summed E-state index contributed by atoms with van der Waals surface area (Å²) in [5.41, 5.74) is 15.7. The van der Waals surface area contributed by atoms with Crippen molar-refractivity contribution in [1.29, 1.82) is 0 Å². The summed E-state index contributed by atoms with van der Waals surface area (Å²) in [6.07, 6.45) is 6.33. The number of hydrogen-bond acceptors (Lipinski definition) is 4. The average Bonchev–Trinajstić information content (AvgIpc) is 3.08. The molecule has 3 rings (SSSR count). The Morgan fingerprint density at radius 1 is 1.06 bits per heavy atom. The molecule has 0 spiro atoms. The lowest BCUT2D eigenvalue weighted by atomic mass is 9.91. The molecule has 2 aromatic carbocycles. The van der Waals surface area contributed by atoms with Gasteiger partial charge in [0.15, 0.2) is 0 Å². The van der Waals surface area contributed by atoms with Gasteiger partial charge in [0.25, 0.3) is 11.8 Å². The quantitative estimate of drug-likeness (QED) is 0.326. The Morgan fingerprint density at radius 3 is 2.09 bits per heavy atom. The molecule has 2 amide bonds. The fourth-order valence-corrected chi connectivity index (χ4v) is 3.78. The molecule has 0 bridgehead atoms. The number of hydrogen-bond donors (Lipinski definition) is 2. The lowest BCUT2D eigenvalue weighted by molar-refractivity contribution is 0.0595. The van der Waals surface area contributed by atoms with Gasteiger partial charge in [0.1, 0.15) is 0 Å². The third kappa shape index (κ3) is 4.39. The van der Waals surface area contributed by atoms with E-state index in [1.807, 2.05) is 13.8 Å². The molecule has 6 heteroatoms. The van der Waals surface area contributed by atoms with E-state index in [4.69, 9.17) is 23.1 Å². The van der Waals surface area contributed by atoms with Crippen LogP contribution in [0.2, 0.25) is 0 Å². The molecular weight excluding hydrogens is 422 g/mol. The van der Waals surface area contributed by atoms with Crippen molar-refractivity contribution >= 4 is 39.7 Å². The van der Waals surface area contributed by atoms with Crippen LogP contribution in [-0.2, 0) is 0 Å². The van der Waals surface area contributed by atoms with E-state index in [1.165, 1.54) is 11.1 Å². The number of nitrogens with two attached hydrogens (primary N) is 2. The molecule has 0 radical (unpaired) electrons. The number of nitrogen functional groups attached to an aromatic ring is 1. The van der Waals surface area contributed by atoms with Gasteiger partial charge in [-0.1, -0.05) is 69.0 Å². The van der Waals surface area contributed by atoms with Gasteiger partial charge in [-0.15, -0.1) is 0 Å². The Hall–Kier alpha value is -3.57. The van der Waals surface area contributed by atoms with Gasteiger partial charge in [-0.3, -0.25) is 14.5 Å². The summed E-state index contributed by atoms with van der Waals surface area (Å²) in [5.74, 6) is -0.686. The first kappa shape index (κ1) is 24.7. The molecule has 5 nitrogen and oxygen atoms in total. The number of rotatable bonds is 6. The van der Waals surface area contributed by atoms with Crippen molar-refractivity contribution in [3.8, 4) is 0 Å². The SMILES string of the molecule is C=C/C=C(\C=C)c1cc(/C(Cl)=C\N)c(N)cc1C(C)N1C(=O)c2ccccc2C1=O.CC. The van der Waals surface area contributed by atoms with Crippen LogP contribution in [0, 0.1) is 0 Å². The lowest BCUT2D eigenvalue weighted by Gasteiger charge is -2.26. The van der Waals surface area contributed by atoms with E-state index in [1.54, 1.807) is 61.5 Å². The number of carbonyl (C=O) groups is 2. The molecule has 1 aliphatic rings. The minimum absolute atomic E-state index is 0.288. The average molecular weight is 450 g/mol. The van der Waals surface area contributed by atoms with Crippen LogP contribution in [0.1, 0.15) is 64.2 Å². The maximum atomic E-state index is 13.0. The highest BCUT2D eigenvalue weighted by Gasteiger charge is 2.39. The maximum Gasteiger partial charge on any atom is 0.262 e. The molecule has 0 saturated carbocycles. The third-order valence-corrected chi connectivity index (χ3v) is 5.45. The molecular formula is C26H28ClN3O2. The van der Waals surface area contributed by atoms with Crippen LogP contribution >= 0.6 is 11.6 Å². The standard InChI is InChI=1S/C24H22ClN3O2.C2H6/c1-4-8-15(5-2)19-11-20(21(25)13-26)22(27)12-18(19)14(3)28-23(29)16-9-6-7-10-17(16)24(28)30;1-2/h4-14H,1-2,26-27H2,3H3;1-2H3/b15-8+,21-13+;. The predicted molar refractivity (Wildman–Crippen MR) is 134 cm³/mol. The maximum absolute atomic E-state index is 13.0. The lowest BCUT2D eigenvalue weighted by Crippen LogP contribution is -2.33. The summed E-state index contributed by atoms with van der Waals surface area (Å²) in [4.78, 5) is 27.2. The Morgan fingerprint density at radius 2 is 1.62 bits per heavy atom. The molecule has 0 fully saturated rings. The van der Waals surface area contributed by atoms with Gasteiger partial charge in [0, 0.05) is 17.5 Å². The molecule has 0 aromatic heterocycles. The van der Waals surface area contributed by atoms with Gasteiger partial charge >= 0.3 is 0 Å². The monoisotopic (exact) mass is 449 g/mol. The van der Waals surface area contributed by atoms with Gasteiger partial charge in [0.2, 0.25) is 0 Å². The number of anilines is 1. The third-order valence-electron chi connectivity index (χ3n) is 5.12. The first-order valence-electron chi connectivity index (χ1n) is 10.3. The molecule has 4 N–H and O–H groups in total. The first-order valence-corrected chi connectivity index (χ1v) is 10.7. The number of benzene rings is 2. The van der Waals surface area contributed by atoms with Crippen molar-refractivity contribution in [3.05, 3.63) is 102 Å². The van der Waals surface area contributed by atoms with Gasteiger partial charge in [-0.2, -0.15) is 0 Å². The van der Waals surface area contributed by atoms with Crippen LogP contribution in [0.25, 0.3) is 10.6 Å². The van der Waals surface area contributed by atoms with Crippen LogP contribution in [0.4, 0.5) is 5.69 Å². The second-order valence-corrected chi connectivity index (χ2v) is 7.21. The normalized spacial score (nSPS) is 14.4. The second kappa shape index (κ2) is 10.6. The minimum Gasteiger partial charge on any atom is -0.403 e. The number of imide groups is 1. The van der Waals surface area contributed by atoms with Crippen LogP contribution in [0.3, 0.4) is 0 Å². The molecule has 32 heavy (non-hydrogen) atoms. The van der Waals surface area contributed by atoms with Crippen LogP contribution in [0.15, 0.2) is 74.0 Å². The molecule has 1 aliphatic heterocycles. The van der Waals surface area contributed by atoms with Gasteiger partial charge < -0.3 is 11.5 Å². The highest BCUT2D eigenvalue weighted by atomic mass is 35.5. The number of nitrogens with zero attached hydrogens (tertiary/aromatic N) is 1. The number of halogens is 1. The van der Waals surface area contributed by atoms with Crippen LogP contribution in [-0.4, -0.2) is 16.7 Å². The van der Waals surface area contributed by atoms with E-state index in [0.29, 0.717) is 27.9 Å². The van der Waals surface area contributed by atoms with Gasteiger partial charge in [-0.05, 0) is 47.9 Å². The van der Waals surface area contributed by atoms with Crippen molar-refractivity contribution in [2.24, 2.45) is 5.73 Å². The predicted octanol–water partition coefficient (Wildman–Crippen LogP) is 5.90. The molecule has 0 saturated heterocycles. The largest absolute Gasteiger partial charge is 0.403 e. The Bertz CT molecular complexity index is 1100. The molecule has 1 heterocycles. The second-order valence-electron chi connectivity index (χ2n) is 6.81. The summed E-state index contributed by atoms with van der Waals surface area (Å²) in [5, 5.41) is 0.288. The smallest absolute Gasteiger partial charge is 0.262 e. The van der Waals surface area contributed by atoms with E-state index in [-0.39, 0.29) is 16.8 Å². The summed E-state index contributed by atoms with van der Waals surface area (Å²) in [6, 6.07) is 9.68. The highest BCUT2D eigenvalue weighted by molar-refractivity contribution is 6.49.